The van der Waals surface area contributed by atoms with Crippen molar-refractivity contribution in [1.82, 2.24) is 15.6 Å². The van der Waals surface area contributed by atoms with E-state index in [-0.39, 0.29) is 17.5 Å². The van der Waals surface area contributed by atoms with E-state index in [0.717, 1.165) is 12.8 Å². The number of hydrogen-bond donors (Lipinski definition) is 3. The Kier molecular flexibility index (Phi) is 7.29. The number of carbonyl (C=O) groups excluding carboxylic acids is 1. The number of nitrogens with two attached hydrogens (primary N) is 1. The molecule has 1 atom stereocenters. The second-order valence-corrected chi connectivity index (χ2v) is 6.56. The Morgan fingerprint density at radius 2 is 2.08 bits per heavy atom. The van der Waals surface area contributed by atoms with Crippen LogP contribution in [0.25, 0.3) is 0 Å². The number of amides is 1. The van der Waals surface area contributed by atoms with Crippen LogP contribution in [-0.4, -0.2) is 29.5 Å². The monoisotopic (exact) mass is 332 g/mol. The van der Waals surface area contributed by atoms with Crippen LogP contribution in [0.4, 0.5) is 0 Å². The lowest BCUT2D eigenvalue weighted by atomic mass is 9.86. The molecular weight excluding hydrogens is 300 g/mol. The molecule has 0 aromatic rings. The summed E-state index contributed by atoms with van der Waals surface area (Å²) >= 11 is 0. The third kappa shape index (κ3) is 4.51. The third-order valence-electron chi connectivity index (χ3n) is 4.46. The van der Waals surface area contributed by atoms with Crippen LogP contribution in [0, 0.1) is 0 Å². The van der Waals surface area contributed by atoms with Crippen LogP contribution >= 0.6 is 0 Å². The smallest absolute Gasteiger partial charge is 0.250 e. The Morgan fingerprint density at radius 3 is 2.58 bits per heavy atom. The van der Waals surface area contributed by atoms with E-state index < -0.39 is 0 Å². The van der Waals surface area contributed by atoms with Gasteiger partial charge >= 0.3 is 0 Å². The number of nitrogens with one attached hydrogen (secondary N) is 2. The summed E-state index contributed by atoms with van der Waals surface area (Å²) in [5.41, 5.74) is 1.70. The number of rotatable bonds is 6. The van der Waals surface area contributed by atoms with E-state index in [0.29, 0.717) is 17.8 Å². The molecule has 0 spiro atoms. The van der Waals surface area contributed by atoms with Gasteiger partial charge in [-0.1, -0.05) is 44.7 Å². The van der Waals surface area contributed by atoms with Gasteiger partial charge in [0.15, 0.2) is 0 Å². The number of likely N-dealkylation sites (N-methyl/N-ethyl adjacent to an activating group) is 1. The Hall–Kier alpha value is -2.01. The SMILES string of the molecule is C=C/C=C\C=C(/CC)[C@H]1CC(C)(C)N(N)/C(=C(\CC)C(=O)NC)N1. The summed E-state index contributed by atoms with van der Waals surface area (Å²) in [6.07, 6.45) is 10.2. The van der Waals surface area contributed by atoms with Crippen LogP contribution in [0.2, 0.25) is 0 Å². The summed E-state index contributed by atoms with van der Waals surface area (Å²) in [6.45, 7) is 12.0. The van der Waals surface area contributed by atoms with E-state index in [1.807, 2.05) is 19.1 Å². The summed E-state index contributed by atoms with van der Waals surface area (Å²) in [4.78, 5) is 12.2. The molecule has 5 nitrogen and oxygen atoms in total. The van der Waals surface area contributed by atoms with Crippen LogP contribution in [0.3, 0.4) is 0 Å². The van der Waals surface area contributed by atoms with Gasteiger partial charge in [0.2, 0.25) is 0 Å². The summed E-state index contributed by atoms with van der Waals surface area (Å²) in [5.74, 6) is 6.95. The van der Waals surface area contributed by atoms with Gasteiger partial charge in [-0.25, -0.2) is 5.84 Å². The van der Waals surface area contributed by atoms with Gasteiger partial charge < -0.3 is 10.6 Å². The predicted molar refractivity (Wildman–Crippen MR) is 101 cm³/mol. The summed E-state index contributed by atoms with van der Waals surface area (Å²) < 4.78 is 0. The molecule has 0 aliphatic carbocycles. The Balaban J connectivity index is 3.30. The number of allylic oxidation sites excluding steroid dienone is 4. The molecule has 1 saturated heterocycles. The van der Waals surface area contributed by atoms with Gasteiger partial charge in [0.25, 0.3) is 5.91 Å². The molecule has 1 aliphatic rings. The van der Waals surface area contributed by atoms with Crippen molar-refractivity contribution in [2.45, 2.75) is 58.5 Å². The highest BCUT2D eigenvalue weighted by molar-refractivity contribution is 5.93. The van der Waals surface area contributed by atoms with E-state index in [1.54, 1.807) is 18.1 Å². The molecule has 0 saturated carbocycles. The highest BCUT2D eigenvalue weighted by atomic mass is 16.1. The minimum atomic E-state index is -0.254. The van der Waals surface area contributed by atoms with Crippen molar-refractivity contribution >= 4 is 5.91 Å². The van der Waals surface area contributed by atoms with Crippen molar-refractivity contribution in [3.05, 3.63) is 47.9 Å². The lowest BCUT2D eigenvalue weighted by Crippen LogP contribution is -2.61. The first kappa shape index (κ1) is 20.0. The molecule has 0 aromatic carbocycles. The van der Waals surface area contributed by atoms with E-state index in [9.17, 15) is 4.79 Å². The number of hydrazine groups is 1. The number of carbonyl (C=O) groups is 1. The first-order chi connectivity index (χ1) is 11.3. The van der Waals surface area contributed by atoms with Gasteiger partial charge in [-0.2, -0.15) is 0 Å². The molecule has 1 rings (SSSR count). The summed E-state index contributed by atoms with van der Waals surface area (Å²) in [7, 11) is 1.64. The quantitative estimate of drug-likeness (QED) is 0.397. The normalized spacial score (nSPS) is 23.0. The first-order valence-electron chi connectivity index (χ1n) is 8.57. The van der Waals surface area contributed by atoms with Gasteiger partial charge in [0.05, 0.1) is 17.2 Å². The molecule has 0 unspecified atom stereocenters. The minimum absolute atomic E-state index is 0.0968. The maximum atomic E-state index is 12.2. The van der Waals surface area contributed by atoms with Crippen molar-refractivity contribution in [3.8, 4) is 0 Å². The second-order valence-electron chi connectivity index (χ2n) is 6.56. The lowest BCUT2D eigenvalue weighted by molar-refractivity contribution is -0.117. The summed E-state index contributed by atoms with van der Waals surface area (Å²) in [6, 6.07) is 0.139. The molecule has 4 N–H and O–H groups in total. The van der Waals surface area contributed by atoms with Crippen molar-refractivity contribution in [1.29, 1.82) is 0 Å². The van der Waals surface area contributed by atoms with E-state index in [2.05, 4.69) is 44.1 Å². The molecule has 1 heterocycles. The third-order valence-corrected chi connectivity index (χ3v) is 4.46. The molecular formula is C19H32N4O. The number of hydrogen-bond acceptors (Lipinski definition) is 4. The maximum absolute atomic E-state index is 12.2. The average molecular weight is 332 g/mol. The molecule has 0 aromatic heterocycles. The van der Waals surface area contributed by atoms with Crippen LogP contribution in [0.15, 0.2) is 47.9 Å². The molecule has 0 bridgehead atoms. The molecule has 1 aliphatic heterocycles. The van der Waals surface area contributed by atoms with E-state index >= 15 is 0 Å². The topological polar surface area (TPSA) is 70.4 Å². The minimum Gasteiger partial charge on any atom is -0.364 e. The highest BCUT2D eigenvalue weighted by Gasteiger charge is 2.38. The Morgan fingerprint density at radius 1 is 1.42 bits per heavy atom. The zero-order valence-corrected chi connectivity index (χ0v) is 15.6. The molecule has 1 fully saturated rings. The second kappa shape index (κ2) is 8.73. The van der Waals surface area contributed by atoms with Gasteiger partial charge in [-0.3, -0.25) is 9.80 Å². The largest absolute Gasteiger partial charge is 0.364 e. The van der Waals surface area contributed by atoms with Crippen molar-refractivity contribution in [2.24, 2.45) is 5.84 Å². The van der Waals surface area contributed by atoms with Gasteiger partial charge in [-0.05, 0) is 38.7 Å². The zero-order chi connectivity index (χ0) is 18.3. The lowest BCUT2D eigenvalue weighted by Gasteiger charge is -2.47. The fourth-order valence-electron chi connectivity index (χ4n) is 2.97. The molecule has 5 heteroatoms. The van der Waals surface area contributed by atoms with Crippen molar-refractivity contribution in [3.63, 3.8) is 0 Å². The zero-order valence-electron chi connectivity index (χ0n) is 15.6. The standard InChI is InChI=1S/C19H32N4O/c1-7-10-11-12-14(8-2)16-13-19(4,5)23(20)17(22-16)15(9-3)18(24)21-6/h7,10-12,16,22H,1,8-9,13,20H2,2-6H3,(H,21,24)/b11-10-,14-12+,17-15+/t16-/m1/s1. The first-order valence-corrected chi connectivity index (χ1v) is 8.57. The van der Waals surface area contributed by atoms with Gasteiger partial charge in [0.1, 0.15) is 5.82 Å². The van der Waals surface area contributed by atoms with Gasteiger partial charge in [-0.15, -0.1) is 0 Å². The maximum Gasteiger partial charge on any atom is 0.250 e. The predicted octanol–water partition coefficient (Wildman–Crippen LogP) is 2.75. The van der Waals surface area contributed by atoms with E-state index in [4.69, 9.17) is 5.84 Å². The van der Waals surface area contributed by atoms with Gasteiger partial charge in [0, 0.05) is 7.05 Å². The molecule has 0 radical (unpaired) electrons. The fourth-order valence-corrected chi connectivity index (χ4v) is 2.97. The van der Waals surface area contributed by atoms with Crippen LogP contribution in [0.5, 0.6) is 0 Å². The van der Waals surface area contributed by atoms with Crippen molar-refractivity contribution < 1.29 is 4.79 Å². The Labute approximate surface area is 146 Å². The Bertz CT molecular complexity index is 558. The van der Waals surface area contributed by atoms with Crippen LogP contribution < -0.4 is 16.5 Å². The highest BCUT2D eigenvalue weighted by Crippen LogP contribution is 2.32. The average Bonchev–Trinajstić information content (AvgIpc) is 2.55. The van der Waals surface area contributed by atoms with Crippen LogP contribution in [-0.2, 0) is 4.79 Å². The molecule has 24 heavy (non-hydrogen) atoms. The van der Waals surface area contributed by atoms with Crippen LogP contribution in [0.1, 0.15) is 47.0 Å². The fraction of sp³-hybridized carbons (Fsp3) is 0.526. The summed E-state index contributed by atoms with van der Waals surface area (Å²) in [5, 5.41) is 7.90. The van der Waals surface area contributed by atoms with Crippen molar-refractivity contribution in [2.75, 3.05) is 7.05 Å². The van der Waals surface area contributed by atoms with E-state index in [1.165, 1.54) is 5.57 Å². The molecule has 1 amide bonds. The molecule has 134 valence electrons. The number of nitrogens with zero attached hydrogens (tertiary/aromatic N) is 1.